The second-order valence-electron chi connectivity index (χ2n) is 6.63. The standard InChI is InChI=1S/C20H21FN4O/c1-15-22-19-5-3-2-4-18(19)20(26)25(15)14-23-10-12-24(13-11-23)17-8-6-16(21)7-9-17/h2-9H,10-14H2,1H3. The molecule has 0 amide bonds. The molecule has 2 aromatic carbocycles. The summed E-state index contributed by atoms with van der Waals surface area (Å²) in [6, 6.07) is 14.1. The fraction of sp³-hybridized carbons (Fsp3) is 0.300. The molecular formula is C20H21FN4O. The van der Waals surface area contributed by atoms with Crippen LogP contribution in [0.1, 0.15) is 5.82 Å². The van der Waals surface area contributed by atoms with E-state index in [1.165, 1.54) is 12.1 Å². The molecule has 0 saturated carbocycles. The summed E-state index contributed by atoms with van der Waals surface area (Å²) in [5, 5.41) is 0.656. The molecule has 1 aliphatic heterocycles. The molecule has 0 aliphatic carbocycles. The van der Waals surface area contributed by atoms with Gasteiger partial charge in [-0.3, -0.25) is 14.3 Å². The smallest absolute Gasteiger partial charge is 0.262 e. The van der Waals surface area contributed by atoms with Crippen LogP contribution in [0.4, 0.5) is 10.1 Å². The van der Waals surface area contributed by atoms with E-state index in [2.05, 4.69) is 14.8 Å². The molecule has 5 nitrogen and oxygen atoms in total. The summed E-state index contributed by atoms with van der Waals surface area (Å²) < 4.78 is 14.8. The van der Waals surface area contributed by atoms with Gasteiger partial charge in [-0.05, 0) is 43.3 Å². The van der Waals surface area contributed by atoms with Gasteiger partial charge in [0.25, 0.3) is 5.56 Å². The first-order chi connectivity index (χ1) is 12.6. The Hall–Kier alpha value is -2.73. The van der Waals surface area contributed by atoms with Crippen molar-refractivity contribution in [2.24, 2.45) is 0 Å². The molecule has 3 aromatic rings. The van der Waals surface area contributed by atoms with Crippen molar-refractivity contribution >= 4 is 16.6 Å². The van der Waals surface area contributed by atoms with Crippen LogP contribution in [-0.2, 0) is 6.67 Å². The van der Waals surface area contributed by atoms with Gasteiger partial charge in [0.2, 0.25) is 0 Å². The molecule has 1 fully saturated rings. The Kier molecular flexibility index (Phi) is 4.42. The molecule has 6 heteroatoms. The summed E-state index contributed by atoms with van der Waals surface area (Å²) in [7, 11) is 0. The summed E-state index contributed by atoms with van der Waals surface area (Å²) in [4.78, 5) is 21.8. The zero-order valence-corrected chi connectivity index (χ0v) is 14.7. The zero-order valence-electron chi connectivity index (χ0n) is 14.7. The van der Waals surface area contributed by atoms with E-state index in [-0.39, 0.29) is 11.4 Å². The number of benzene rings is 2. The maximum absolute atomic E-state index is 13.1. The number of aryl methyl sites for hydroxylation is 1. The second-order valence-corrected chi connectivity index (χ2v) is 6.63. The molecule has 0 bridgehead atoms. The molecule has 4 rings (SSSR count). The van der Waals surface area contributed by atoms with Crippen LogP contribution in [0, 0.1) is 12.7 Å². The maximum Gasteiger partial charge on any atom is 0.262 e. The lowest BCUT2D eigenvalue weighted by atomic mass is 10.2. The number of fused-ring (bicyclic) bond motifs is 1. The minimum atomic E-state index is -0.217. The molecule has 1 saturated heterocycles. The lowest BCUT2D eigenvalue weighted by Gasteiger charge is -2.36. The zero-order chi connectivity index (χ0) is 18.1. The van der Waals surface area contributed by atoms with Gasteiger partial charge in [-0.1, -0.05) is 12.1 Å². The van der Waals surface area contributed by atoms with E-state index in [0.29, 0.717) is 12.1 Å². The van der Waals surface area contributed by atoms with E-state index < -0.39 is 0 Å². The van der Waals surface area contributed by atoms with Crippen molar-refractivity contribution in [2.75, 3.05) is 31.1 Å². The quantitative estimate of drug-likeness (QED) is 0.727. The van der Waals surface area contributed by atoms with Gasteiger partial charge in [-0.25, -0.2) is 9.37 Å². The van der Waals surface area contributed by atoms with Crippen LogP contribution in [0.2, 0.25) is 0 Å². The van der Waals surface area contributed by atoms with Crippen molar-refractivity contribution in [1.29, 1.82) is 0 Å². The third-order valence-corrected chi connectivity index (χ3v) is 4.96. The third kappa shape index (κ3) is 3.20. The topological polar surface area (TPSA) is 41.4 Å². The Morgan fingerprint density at radius 3 is 2.42 bits per heavy atom. The molecule has 0 N–H and O–H groups in total. The molecular weight excluding hydrogens is 331 g/mol. The fourth-order valence-electron chi connectivity index (χ4n) is 3.44. The lowest BCUT2D eigenvalue weighted by molar-refractivity contribution is 0.201. The van der Waals surface area contributed by atoms with Crippen LogP contribution in [-0.4, -0.2) is 40.6 Å². The minimum Gasteiger partial charge on any atom is -0.369 e. The van der Waals surface area contributed by atoms with Gasteiger partial charge in [0.15, 0.2) is 0 Å². The fourth-order valence-corrected chi connectivity index (χ4v) is 3.44. The molecule has 0 unspecified atom stereocenters. The number of nitrogens with zero attached hydrogens (tertiary/aromatic N) is 4. The van der Waals surface area contributed by atoms with Gasteiger partial charge < -0.3 is 4.90 Å². The lowest BCUT2D eigenvalue weighted by Crippen LogP contribution is -2.48. The number of anilines is 1. The first-order valence-electron chi connectivity index (χ1n) is 8.81. The summed E-state index contributed by atoms with van der Waals surface area (Å²) in [6.45, 7) is 5.80. The van der Waals surface area contributed by atoms with E-state index in [0.717, 1.165) is 43.2 Å². The number of hydrogen-bond donors (Lipinski definition) is 0. The highest BCUT2D eigenvalue weighted by atomic mass is 19.1. The Morgan fingerprint density at radius 2 is 1.69 bits per heavy atom. The van der Waals surface area contributed by atoms with Gasteiger partial charge in [-0.2, -0.15) is 0 Å². The number of para-hydroxylation sites is 1. The van der Waals surface area contributed by atoms with Crippen molar-refractivity contribution in [3.05, 3.63) is 70.5 Å². The van der Waals surface area contributed by atoms with Gasteiger partial charge in [-0.15, -0.1) is 0 Å². The number of piperazine rings is 1. The summed E-state index contributed by atoms with van der Waals surface area (Å²) in [5.74, 6) is 0.515. The minimum absolute atomic E-state index is 0.00839. The van der Waals surface area contributed by atoms with E-state index in [4.69, 9.17) is 0 Å². The summed E-state index contributed by atoms with van der Waals surface area (Å²) in [6.07, 6.45) is 0. The molecule has 134 valence electrons. The second kappa shape index (κ2) is 6.88. The van der Waals surface area contributed by atoms with Crippen molar-refractivity contribution in [3.8, 4) is 0 Å². The van der Waals surface area contributed by atoms with E-state index in [9.17, 15) is 9.18 Å². The molecule has 0 atom stereocenters. The van der Waals surface area contributed by atoms with Crippen molar-refractivity contribution < 1.29 is 4.39 Å². The first kappa shape index (κ1) is 16.7. The Labute approximate surface area is 151 Å². The highest BCUT2D eigenvalue weighted by molar-refractivity contribution is 5.77. The van der Waals surface area contributed by atoms with Crippen LogP contribution in [0.5, 0.6) is 0 Å². The molecule has 0 spiro atoms. The molecule has 1 aromatic heterocycles. The predicted octanol–water partition coefficient (Wildman–Crippen LogP) is 2.62. The third-order valence-electron chi connectivity index (χ3n) is 4.96. The summed E-state index contributed by atoms with van der Waals surface area (Å²) in [5.41, 5.74) is 1.79. The van der Waals surface area contributed by atoms with Crippen LogP contribution < -0.4 is 10.5 Å². The monoisotopic (exact) mass is 352 g/mol. The Balaban J connectivity index is 1.49. The average molecular weight is 352 g/mol. The van der Waals surface area contributed by atoms with Crippen LogP contribution in [0.15, 0.2) is 53.3 Å². The Morgan fingerprint density at radius 1 is 1.00 bits per heavy atom. The van der Waals surface area contributed by atoms with E-state index in [1.807, 2.05) is 43.3 Å². The van der Waals surface area contributed by atoms with Crippen molar-refractivity contribution in [1.82, 2.24) is 14.5 Å². The van der Waals surface area contributed by atoms with Gasteiger partial charge in [0.05, 0.1) is 17.6 Å². The van der Waals surface area contributed by atoms with Gasteiger partial charge >= 0.3 is 0 Å². The average Bonchev–Trinajstić information content (AvgIpc) is 2.66. The molecule has 1 aliphatic rings. The van der Waals surface area contributed by atoms with Crippen LogP contribution in [0.25, 0.3) is 10.9 Å². The molecule has 2 heterocycles. The number of rotatable bonds is 3. The SMILES string of the molecule is Cc1nc2ccccc2c(=O)n1CN1CCN(c2ccc(F)cc2)CC1. The molecule has 0 radical (unpaired) electrons. The number of aromatic nitrogens is 2. The number of halogens is 1. The van der Waals surface area contributed by atoms with E-state index >= 15 is 0 Å². The normalized spacial score (nSPS) is 15.5. The predicted molar refractivity (Wildman–Crippen MR) is 101 cm³/mol. The van der Waals surface area contributed by atoms with Crippen LogP contribution >= 0.6 is 0 Å². The van der Waals surface area contributed by atoms with Crippen molar-refractivity contribution in [3.63, 3.8) is 0 Å². The number of hydrogen-bond acceptors (Lipinski definition) is 4. The highest BCUT2D eigenvalue weighted by Crippen LogP contribution is 2.17. The van der Waals surface area contributed by atoms with Crippen molar-refractivity contribution in [2.45, 2.75) is 13.6 Å². The first-order valence-corrected chi connectivity index (χ1v) is 8.81. The van der Waals surface area contributed by atoms with Gasteiger partial charge in [0, 0.05) is 31.9 Å². The Bertz CT molecular complexity index is 975. The maximum atomic E-state index is 13.1. The largest absolute Gasteiger partial charge is 0.369 e. The highest BCUT2D eigenvalue weighted by Gasteiger charge is 2.19. The van der Waals surface area contributed by atoms with Gasteiger partial charge in [0.1, 0.15) is 11.6 Å². The summed E-state index contributed by atoms with van der Waals surface area (Å²) >= 11 is 0. The van der Waals surface area contributed by atoms with Crippen LogP contribution in [0.3, 0.4) is 0 Å². The van der Waals surface area contributed by atoms with E-state index in [1.54, 1.807) is 4.57 Å². The molecule has 26 heavy (non-hydrogen) atoms.